The van der Waals surface area contributed by atoms with E-state index in [1.165, 1.54) is 16.7 Å². The van der Waals surface area contributed by atoms with Crippen molar-refractivity contribution in [3.05, 3.63) is 59.2 Å². The van der Waals surface area contributed by atoms with Crippen molar-refractivity contribution < 1.29 is 19.3 Å². The van der Waals surface area contributed by atoms with Crippen molar-refractivity contribution in [2.75, 3.05) is 26.6 Å². The van der Waals surface area contributed by atoms with Crippen LogP contribution >= 0.6 is 0 Å². The van der Waals surface area contributed by atoms with Gasteiger partial charge in [0.15, 0.2) is 11.5 Å². The first kappa shape index (κ1) is 16.4. The normalized spacial score (nSPS) is 23.0. The maximum atomic E-state index is 9.80. The highest BCUT2D eigenvalue weighted by Gasteiger charge is 2.33. The van der Waals surface area contributed by atoms with E-state index in [1.54, 1.807) is 0 Å². The zero-order valence-electron chi connectivity index (χ0n) is 14.4. The Morgan fingerprint density at radius 1 is 1.12 bits per heavy atom. The fraction of sp³-hybridized carbons (Fsp3) is 0.400. The Hall–Kier alpha value is -2.08. The smallest absolute Gasteiger partial charge is 0.231 e. The van der Waals surface area contributed by atoms with Crippen molar-refractivity contribution in [3.63, 3.8) is 0 Å². The largest absolute Gasteiger partial charge is 0.454 e. The van der Waals surface area contributed by atoms with Crippen LogP contribution in [0.2, 0.25) is 0 Å². The van der Waals surface area contributed by atoms with Crippen LogP contribution in [0, 0.1) is 6.92 Å². The Bertz CT molecular complexity index is 734. The van der Waals surface area contributed by atoms with Crippen LogP contribution in [0.4, 0.5) is 0 Å². The van der Waals surface area contributed by atoms with Gasteiger partial charge in [0.05, 0.1) is 19.3 Å². The minimum atomic E-state index is -0.217. The molecule has 1 fully saturated rings. The van der Waals surface area contributed by atoms with E-state index in [2.05, 4.69) is 30.0 Å². The third-order valence-electron chi connectivity index (χ3n) is 4.98. The van der Waals surface area contributed by atoms with E-state index in [-0.39, 0.29) is 25.5 Å². The van der Waals surface area contributed by atoms with Crippen LogP contribution in [-0.4, -0.2) is 42.7 Å². The fourth-order valence-electron chi connectivity index (χ4n) is 3.67. The molecule has 2 aliphatic heterocycles. The second-order valence-corrected chi connectivity index (χ2v) is 6.55. The Morgan fingerprint density at radius 2 is 1.88 bits per heavy atom. The van der Waals surface area contributed by atoms with Crippen molar-refractivity contribution in [2.45, 2.75) is 25.6 Å². The van der Waals surface area contributed by atoms with Gasteiger partial charge in [-0.15, -0.1) is 0 Å². The second-order valence-electron chi connectivity index (χ2n) is 6.55. The molecule has 2 heterocycles. The van der Waals surface area contributed by atoms with Crippen LogP contribution in [-0.2, 0) is 11.3 Å². The number of benzene rings is 2. The Kier molecular flexibility index (Phi) is 4.61. The Morgan fingerprint density at radius 3 is 2.64 bits per heavy atom. The number of ether oxygens (including phenoxy) is 3. The molecule has 4 rings (SSSR count). The summed E-state index contributed by atoms with van der Waals surface area (Å²) >= 11 is 0. The number of hydrogen-bond donors (Lipinski definition) is 1. The molecular formula is C20H23NO4. The molecule has 0 aromatic heterocycles. The summed E-state index contributed by atoms with van der Waals surface area (Å²) < 4.78 is 16.8. The summed E-state index contributed by atoms with van der Waals surface area (Å²) in [5.74, 6) is 1.62. The minimum Gasteiger partial charge on any atom is -0.454 e. The number of fused-ring (bicyclic) bond motifs is 1. The van der Waals surface area contributed by atoms with E-state index in [9.17, 15) is 5.11 Å². The van der Waals surface area contributed by atoms with E-state index in [4.69, 9.17) is 14.2 Å². The number of rotatable bonds is 4. The van der Waals surface area contributed by atoms with E-state index in [0.717, 1.165) is 24.6 Å². The molecule has 1 saturated heterocycles. The average Bonchev–Trinajstić information content (AvgIpc) is 3.09. The van der Waals surface area contributed by atoms with E-state index in [0.29, 0.717) is 6.61 Å². The lowest BCUT2D eigenvalue weighted by molar-refractivity contribution is -0.0961. The molecule has 5 heteroatoms. The SMILES string of the molecule is Cc1cc2c(cc1CN1CCO[C@H](CO)[C@H]1c1ccccc1)OCO2. The number of hydrogen-bond acceptors (Lipinski definition) is 5. The van der Waals surface area contributed by atoms with Crippen LogP contribution in [0.1, 0.15) is 22.7 Å². The van der Waals surface area contributed by atoms with Gasteiger partial charge in [0.2, 0.25) is 6.79 Å². The van der Waals surface area contributed by atoms with Crippen LogP contribution in [0.15, 0.2) is 42.5 Å². The molecule has 0 spiro atoms. The molecule has 0 bridgehead atoms. The van der Waals surface area contributed by atoms with Crippen LogP contribution < -0.4 is 9.47 Å². The van der Waals surface area contributed by atoms with Gasteiger partial charge in [0, 0.05) is 13.1 Å². The Labute approximate surface area is 147 Å². The van der Waals surface area contributed by atoms with Crippen molar-refractivity contribution in [1.82, 2.24) is 4.90 Å². The maximum absolute atomic E-state index is 9.80. The quantitative estimate of drug-likeness (QED) is 0.927. The molecule has 0 aliphatic carbocycles. The molecule has 1 N–H and O–H groups in total. The van der Waals surface area contributed by atoms with E-state index in [1.807, 2.05) is 24.3 Å². The molecule has 2 atom stereocenters. The second kappa shape index (κ2) is 7.04. The van der Waals surface area contributed by atoms with E-state index >= 15 is 0 Å². The zero-order chi connectivity index (χ0) is 17.2. The molecule has 2 aromatic rings. The third-order valence-corrected chi connectivity index (χ3v) is 4.98. The summed E-state index contributed by atoms with van der Waals surface area (Å²) in [5.41, 5.74) is 3.56. The van der Waals surface area contributed by atoms with Gasteiger partial charge in [-0.2, -0.15) is 0 Å². The van der Waals surface area contributed by atoms with Gasteiger partial charge in [-0.25, -0.2) is 0 Å². The molecule has 0 saturated carbocycles. The van der Waals surface area contributed by atoms with Crippen molar-refractivity contribution in [1.29, 1.82) is 0 Å². The topological polar surface area (TPSA) is 51.2 Å². The highest BCUT2D eigenvalue weighted by molar-refractivity contribution is 5.48. The molecule has 0 radical (unpaired) electrons. The first-order valence-corrected chi connectivity index (χ1v) is 8.67. The summed E-state index contributed by atoms with van der Waals surface area (Å²) in [6.07, 6.45) is -0.217. The molecular weight excluding hydrogens is 318 g/mol. The lowest BCUT2D eigenvalue weighted by atomic mass is 9.97. The lowest BCUT2D eigenvalue weighted by Crippen LogP contribution is -2.46. The minimum absolute atomic E-state index is 0.0101. The number of morpholine rings is 1. The van der Waals surface area contributed by atoms with E-state index < -0.39 is 0 Å². The van der Waals surface area contributed by atoms with Crippen LogP contribution in [0.5, 0.6) is 11.5 Å². The lowest BCUT2D eigenvalue weighted by Gasteiger charge is -2.41. The third kappa shape index (κ3) is 3.23. The molecule has 132 valence electrons. The predicted molar refractivity (Wildman–Crippen MR) is 93.7 cm³/mol. The number of nitrogens with zero attached hydrogens (tertiary/aromatic N) is 1. The molecule has 0 unspecified atom stereocenters. The Balaban J connectivity index is 1.63. The van der Waals surface area contributed by atoms with Crippen molar-refractivity contribution in [3.8, 4) is 11.5 Å². The van der Waals surface area contributed by atoms with Crippen molar-refractivity contribution >= 4 is 0 Å². The van der Waals surface area contributed by atoms with Gasteiger partial charge < -0.3 is 19.3 Å². The highest BCUT2D eigenvalue weighted by atomic mass is 16.7. The first-order chi connectivity index (χ1) is 12.3. The summed E-state index contributed by atoms with van der Waals surface area (Å²) in [4.78, 5) is 2.38. The number of aliphatic hydroxyl groups is 1. The van der Waals surface area contributed by atoms with Gasteiger partial charge >= 0.3 is 0 Å². The summed E-state index contributed by atoms with van der Waals surface area (Å²) in [6.45, 7) is 4.62. The number of aryl methyl sites for hydroxylation is 1. The average molecular weight is 341 g/mol. The molecule has 5 nitrogen and oxygen atoms in total. The molecule has 0 amide bonds. The summed E-state index contributed by atoms with van der Waals surface area (Å²) in [5, 5.41) is 9.80. The monoisotopic (exact) mass is 341 g/mol. The predicted octanol–water partition coefficient (Wildman–Crippen LogP) is 2.66. The van der Waals surface area contributed by atoms with Gasteiger partial charge in [0.25, 0.3) is 0 Å². The summed E-state index contributed by atoms with van der Waals surface area (Å²) in [7, 11) is 0. The van der Waals surface area contributed by atoms with Gasteiger partial charge in [-0.1, -0.05) is 30.3 Å². The standard InChI is InChI=1S/C20H23NO4/c1-14-9-17-18(25-13-24-17)10-16(14)11-21-7-8-23-19(12-22)20(21)15-5-3-2-4-6-15/h2-6,9-10,19-20,22H,7-8,11-13H2,1H3/t19-,20-/m1/s1. The van der Waals surface area contributed by atoms with Gasteiger partial charge in [-0.05, 0) is 35.7 Å². The van der Waals surface area contributed by atoms with Crippen LogP contribution in [0.25, 0.3) is 0 Å². The first-order valence-electron chi connectivity index (χ1n) is 8.67. The summed E-state index contributed by atoms with van der Waals surface area (Å²) in [6, 6.07) is 14.4. The number of aliphatic hydroxyl groups excluding tert-OH is 1. The van der Waals surface area contributed by atoms with Gasteiger partial charge in [0.1, 0.15) is 6.10 Å². The van der Waals surface area contributed by atoms with Crippen LogP contribution in [0.3, 0.4) is 0 Å². The molecule has 2 aliphatic rings. The fourth-order valence-corrected chi connectivity index (χ4v) is 3.67. The zero-order valence-corrected chi connectivity index (χ0v) is 14.4. The molecule has 2 aromatic carbocycles. The maximum Gasteiger partial charge on any atom is 0.231 e. The van der Waals surface area contributed by atoms with Crippen molar-refractivity contribution in [2.24, 2.45) is 0 Å². The van der Waals surface area contributed by atoms with Gasteiger partial charge in [-0.3, -0.25) is 4.90 Å². The molecule has 25 heavy (non-hydrogen) atoms. The highest BCUT2D eigenvalue weighted by Crippen LogP contribution is 2.37.